The summed E-state index contributed by atoms with van der Waals surface area (Å²) in [6, 6.07) is 6.02. The number of amides is 1. The van der Waals surface area contributed by atoms with E-state index in [1.54, 1.807) is 29.4 Å². The molecular formula is C14H10F3N3O4. The van der Waals surface area contributed by atoms with Crippen LogP contribution in [0.3, 0.4) is 0 Å². The SMILES string of the molecule is Cc1ccc(-n2c3c(c(=O)[nH]c2=O)[C@](O)(C(F)(F)F)C(=O)N3)cc1. The molecule has 0 fully saturated rings. The summed E-state index contributed by atoms with van der Waals surface area (Å²) in [4.78, 5) is 37.4. The molecule has 0 saturated heterocycles. The maximum atomic E-state index is 13.2. The van der Waals surface area contributed by atoms with Gasteiger partial charge in [-0.05, 0) is 19.1 Å². The average molecular weight is 341 g/mol. The zero-order chi connectivity index (χ0) is 17.9. The molecule has 1 atom stereocenters. The van der Waals surface area contributed by atoms with Crippen LogP contribution in [0.2, 0.25) is 0 Å². The Morgan fingerprint density at radius 1 is 1.12 bits per heavy atom. The molecule has 1 amide bonds. The number of carbonyl (C=O) groups is 1. The van der Waals surface area contributed by atoms with Crippen molar-refractivity contribution in [1.29, 1.82) is 0 Å². The first-order valence-electron chi connectivity index (χ1n) is 6.65. The number of fused-ring (bicyclic) bond motifs is 1. The van der Waals surface area contributed by atoms with Crippen molar-refractivity contribution in [3.05, 3.63) is 56.2 Å². The second-order valence-corrected chi connectivity index (χ2v) is 5.32. The highest BCUT2D eigenvalue weighted by Gasteiger charge is 2.66. The van der Waals surface area contributed by atoms with Crippen LogP contribution in [0, 0.1) is 6.92 Å². The van der Waals surface area contributed by atoms with Crippen molar-refractivity contribution in [2.45, 2.75) is 18.7 Å². The minimum absolute atomic E-state index is 0.116. The van der Waals surface area contributed by atoms with Crippen molar-refractivity contribution in [2.75, 3.05) is 5.32 Å². The standard InChI is InChI=1S/C14H10F3N3O4/c1-6-2-4-7(5-3-6)20-9-8(10(21)19-12(20)23)13(24,11(22)18-9)14(15,16)17/h2-5,24H,1H3,(H,18,22)(H,19,21,23)/t13-/m1/s1. The first-order valence-corrected chi connectivity index (χ1v) is 6.65. The Hall–Kier alpha value is -2.88. The molecule has 2 heterocycles. The summed E-state index contributed by atoms with van der Waals surface area (Å²) >= 11 is 0. The van der Waals surface area contributed by atoms with Crippen molar-refractivity contribution in [3.8, 4) is 5.69 Å². The van der Waals surface area contributed by atoms with E-state index in [2.05, 4.69) is 0 Å². The van der Waals surface area contributed by atoms with E-state index in [1.807, 2.05) is 0 Å². The quantitative estimate of drug-likeness (QED) is 0.704. The highest BCUT2D eigenvalue weighted by molar-refractivity contribution is 6.04. The fourth-order valence-corrected chi connectivity index (χ4v) is 2.51. The zero-order valence-corrected chi connectivity index (χ0v) is 12.1. The van der Waals surface area contributed by atoms with Gasteiger partial charge >= 0.3 is 11.9 Å². The molecule has 7 nitrogen and oxygen atoms in total. The second kappa shape index (κ2) is 4.81. The predicted octanol–water partition coefficient (Wildman–Crippen LogP) is 0.536. The van der Waals surface area contributed by atoms with Gasteiger partial charge < -0.3 is 10.4 Å². The minimum Gasteiger partial charge on any atom is -0.368 e. The number of aromatic amines is 1. The van der Waals surface area contributed by atoms with E-state index in [-0.39, 0.29) is 5.69 Å². The van der Waals surface area contributed by atoms with Gasteiger partial charge in [-0.25, -0.2) is 9.36 Å². The lowest BCUT2D eigenvalue weighted by atomic mass is 9.97. The van der Waals surface area contributed by atoms with Gasteiger partial charge in [-0.2, -0.15) is 13.2 Å². The van der Waals surface area contributed by atoms with Gasteiger partial charge in [0.15, 0.2) is 0 Å². The molecule has 0 bridgehead atoms. The van der Waals surface area contributed by atoms with E-state index >= 15 is 0 Å². The zero-order valence-electron chi connectivity index (χ0n) is 12.1. The summed E-state index contributed by atoms with van der Waals surface area (Å²) < 4.78 is 40.3. The van der Waals surface area contributed by atoms with Gasteiger partial charge in [0.05, 0.1) is 5.69 Å². The number of halogens is 3. The van der Waals surface area contributed by atoms with Gasteiger partial charge in [-0.15, -0.1) is 0 Å². The van der Waals surface area contributed by atoms with E-state index in [4.69, 9.17) is 0 Å². The molecule has 126 valence electrons. The fourth-order valence-electron chi connectivity index (χ4n) is 2.51. The van der Waals surface area contributed by atoms with E-state index in [9.17, 15) is 32.7 Å². The number of carbonyl (C=O) groups excluding carboxylic acids is 1. The summed E-state index contributed by atoms with van der Waals surface area (Å²) in [6.07, 6.45) is -5.44. The maximum absolute atomic E-state index is 13.2. The third-order valence-electron chi connectivity index (χ3n) is 3.74. The number of nitrogens with zero attached hydrogens (tertiary/aromatic N) is 1. The lowest BCUT2D eigenvalue weighted by Gasteiger charge is -2.22. The average Bonchev–Trinajstić information content (AvgIpc) is 2.74. The van der Waals surface area contributed by atoms with Gasteiger partial charge in [0, 0.05) is 0 Å². The molecule has 0 spiro atoms. The summed E-state index contributed by atoms with van der Waals surface area (Å²) in [7, 11) is 0. The Kier molecular flexibility index (Phi) is 3.20. The molecule has 1 aromatic carbocycles. The number of alkyl halides is 3. The van der Waals surface area contributed by atoms with Crippen LogP contribution in [0.15, 0.2) is 33.9 Å². The van der Waals surface area contributed by atoms with E-state index in [0.29, 0.717) is 4.57 Å². The van der Waals surface area contributed by atoms with Crippen molar-refractivity contribution in [2.24, 2.45) is 0 Å². The van der Waals surface area contributed by atoms with Crippen LogP contribution in [-0.2, 0) is 10.4 Å². The topological polar surface area (TPSA) is 104 Å². The Labute approximate surface area is 131 Å². The van der Waals surface area contributed by atoms with Crippen LogP contribution < -0.4 is 16.6 Å². The Bertz CT molecular complexity index is 959. The molecule has 0 aliphatic carbocycles. The molecule has 0 saturated carbocycles. The largest absolute Gasteiger partial charge is 0.431 e. The van der Waals surface area contributed by atoms with Crippen molar-refractivity contribution >= 4 is 11.7 Å². The number of anilines is 1. The van der Waals surface area contributed by atoms with Crippen molar-refractivity contribution < 1.29 is 23.1 Å². The highest BCUT2D eigenvalue weighted by atomic mass is 19.4. The Morgan fingerprint density at radius 2 is 1.71 bits per heavy atom. The van der Waals surface area contributed by atoms with E-state index in [0.717, 1.165) is 5.56 Å². The molecule has 0 unspecified atom stereocenters. The van der Waals surface area contributed by atoms with Gasteiger partial charge in [-0.3, -0.25) is 14.6 Å². The molecule has 1 aliphatic rings. The highest BCUT2D eigenvalue weighted by Crippen LogP contribution is 2.44. The number of H-pyrrole nitrogens is 1. The van der Waals surface area contributed by atoms with Gasteiger partial charge in [-0.1, -0.05) is 17.7 Å². The van der Waals surface area contributed by atoms with Crippen LogP contribution in [0.4, 0.5) is 19.0 Å². The molecule has 3 rings (SSSR count). The van der Waals surface area contributed by atoms with Crippen LogP contribution in [0.25, 0.3) is 5.69 Å². The number of hydrogen-bond acceptors (Lipinski definition) is 4. The smallest absolute Gasteiger partial charge is 0.368 e. The molecule has 3 N–H and O–H groups in total. The molecule has 1 aromatic heterocycles. The van der Waals surface area contributed by atoms with Gasteiger partial charge in [0.25, 0.3) is 17.1 Å². The lowest BCUT2D eigenvalue weighted by Crippen LogP contribution is -2.50. The number of rotatable bonds is 1. The number of benzene rings is 1. The van der Waals surface area contributed by atoms with Crippen molar-refractivity contribution in [1.82, 2.24) is 9.55 Å². The fraction of sp³-hybridized carbons (Fsp3) is 0.214. The van der Waals surface area contributed by atoms with Crippen LogP contribution in [0.1, 0.15) is 11.1 Å². The molecule has 10 heteroatoms. The number of aromatic nitrogens is 2. The number of aryl methyl sites for hydroxylation is 1. The second-order valence-electron chi connectivity index (χ2n) is 5.32. The van der Waals surface area contributed by atoms with Crippen molar-refractivity contribution in [3.63, 3.8) is 0 Å². The van der Waals surface area contributed by atoms with Gasteiger partial charge in [0.2, 0.25) is 0 Å². The van der Waals surface area contributed by atoms with E-state index < -0.39 is 40.3 Å². The van der Waals surface area contributed by atoms with Crippen LogP contribution in [-0.4, -0.2) is 26.7 Å². The molecule has 24 heavy (non-hydrogen) atoms. The van der Waals surface area contributed by atoms with Gasteiger partial charge in [0.1, 0.15) is 11.4 Å². The lowest BCUT2D eigenvalue weighted by molar-refractivity contribution is -0.252. The summed E-state index contributed by atoms with van der Waals surface area (Å²) in [6.45, 7) is 1.76. The van der Waals surface area contributed by atoms with Crippen LogP contribution in [0.5, 0.6) is 0 Å². The molecule has 1 aliphatic heterocycles. The van der Waals surface area contributed by atoms with E-state index in [1.165, 1.54) is 12.1 Å². The predicted molar refractivity (Wildman–Crippen MR) is 76.0 cm³/mol. The van der Waals surface area contributed by atoms with Crippen LogP contribution >= 0.6 is 0 Å². The summed E-state index contributed by atoms with van der Waals surface area (Å²) in [5.74, 6) is -2.56. The number of aliphatic hydroxyl groups is 1. The number of hydrogen-bond donors (Lipinski definition) is 3. The Balaban J connectivity index is 2.39. The minimum atomic E-state index is -5.44. The third-order valence-corrected chi connectivity index (χ3v) is 3.74. The molecule has 2 aromatic rings. The molecule has 0 radical (unpaired) electrons. The monoisotopic (exact) mass is 341 g/mol. The normalized spacial score (nSPS) is 20.0. The summed E-state index contributed by atoms with van der Waals surface area (Å²) in [5.41, 5.74) is -6.89. The first-order chi connectivity index (χ1) is 11.1. The Morgan fingerprint density at radius 3 is 2.25 bits per heavy atom. The number of nitrogens with one attached hydrogen (secondary N) is 2. The molecular weight excluding hydrogens is 331 g/mol. The summed E-state index contributed by atoms with van der Waals surface area (Å²) in [5, 5.41) is 11.7. The maximum Gasteiger partial charge on any atom is 0.431 e. The third kappa shape index (κ3) is 1.99. The first kappa shape index (κ1) is 16.0.